The van der Waals surface area contributed by atoms with Gasteiger partial charge in [0.15, 0.2) is 5.78 Å². The standard InChI is InChI=1S/C24H22N2O4S/c1-16-15-20-5-3-4-6-23(20)26(16)24(28)19-7-11-21(12-8-19)25-31(29,30)22-13-9-18(10-14-22)17(2)27/h3-14,16,25H,15H2,1-2H3/t16-/m1/s1. The maximum absolute atomic E-state index is 13.1. The summed E-state index contributed by atoms with van der Waals surface area (Å²) in [5.74, 6) is -0.251. The number of carbonyl (C=O) groups excluding carboxylic acids is 2. The number of benzene rings is 3. The first-order valence-electron chi connectivity index (χ1n) is 9.91. The molecule has 1 N–H and O–H groups in total. The minimum Gasteiger partial charge on any atom is -0.305 e. The molecule has 7 heteroatoms. The average molecular weight is 435 g/mol. The largest absolute Gasteiger partial charge is 0.305 e. The van der Waals surface area contributed by atoms with Crippen molar-refractivity contribution in [3.05, 3.63) is 89.5 Å². The normalized spacial score (nSPS) is 15.4. The number of Topliss-reactive ketones (excluding diaryl/α,β-unsaturated/α-hetero) is 1. The zero-order chi connectivity index (χ0) is 22.2. The quantitative estimate of drug-likeness (QED) is 0.608. The molecule has 0 radical (unpaired) electrons. The van der Waals surface area contributed by atoms with E-state index in [4.69, 9.17) is 0 Å². The van der Waals surface area contributed by atoms with Crippen molar-refractivity contribution in [3.63, 3.8) is 0 Å². The summed E-state index contributed by atoms with van der Waals surface area (Å²) in [6, 6.07) is 20.0. The van der Waals surface area contributed by atoms with Gasteiger partial charge in [0.1, 0.15) is 0 Å². The highest BCUT2D eigenvalue weighted by Crippen LogP contribution is 2.33. The van der Waals surface area contributed by atoms with Crippen molar-refractivity contribution in [3.8, 4) is 0 Å². The first-order chi connectivity index (χ1) is 14.8. The lowest BCUT2D eigenvalue weighted by Gasteiger charge is -2.23. The summed E-state index contributed by atoms with van der Waals surface area (Å²) in [5, 5.41) is 0. The highest BCUT2D eigenvalue weighted by atomic mass is 32.2. The molecule has 1 aliphatic heterocycles. The number of nitrogens with one attached hydrogen (secondary N) is 1. The first kappa shape index (κ1) is 20.8. The molecule has 0 aliphatic carbocycles. The Labute approximate surface area is 181 Å². The molecule has 4 rings (SSSR count). The van der Waals surface area contributed by atoms with Crippen molar-refractivity contribution in [2.75, 3.05) is 9.62 Å². The molecule has 3 aromatic rings. The molecule has 1 aliphatic rings. The molecule has 0 unspecified atom stereocenters. The Bertz CT molecular complexity index is 1250. The Morgan fingerprint density at radius 3 is 2.16 bits per heavy atom. The number of ketones is 1. The number of nitrogens with zero attached hydrogens (tertiary/aromatic N) is 1. The second-order valence-electron chi connectivity index (χ2n) is 7.62. The average Bonchev–Trinajstić information content (AvgIpc) is 3.09. The number of hydrogen-bond donors (Lipinski definition) is 1. The van der Waals surface area contributed by atoms with Gasteiger partial charge in [-0.1, -0.05) is 30.3 Å². The number of hydrogen-bond acceptors (Lipinski definition) is 4. The lowest BCUT2D eigenvalue weighted by atomic mass is 10.1. The second kappa shape index (κ2) is 8.00. The van der Waals surface area contributed by atoms with E-state index in [0.29, 0.717) is 16.8 Å². The van der Waals surface area contributed by atoms with Gasteiger partial charge in [-0.25, -0.2) is 8.42 Å². The molecular weight excluding hydrogens is 412 g/mol. The van der Waals surface area contributed by atoms with Crippen LogP contribution in [0.25, 0.3) is 0 Å². The smallest absolute Gasteiger partial charge is 0.261 e. The van der Waals surface area contributed by atoms with Crippen LogP contribution in [0.4, 0.5) is 11.4 Å². The lowest BCUT2D eigenvalue weighted by Crippen LogP contribution is -2.35. The maximum Gasteiger partial charge on any atom is 0.261 e. The summed E-state index contributed by atoms with van der Waals surface area (Å²) in [6.07, 6.45) is 0.808. The van der Waals surface area contributed by atoms with E-state index < -0.39 is 10.0 Å². The summed E-state index contributed by atoms with van der Waals surface area (Å²) in [6.45, 7) is 3.43. The van der Waals surface area contributed by atoms with Crippen molar-refractivity contribution in [2.45, 2.75) is 31.2 Å². The predicted octanol–water partition coefficient (Wildman–Crippen LogP) is 4.28. The predicted molar refractivity (Wildman–Crippen MR) is 120 cm³/mol. The molecule has 6 nitrogen and oxygen atoms in total. The van der Waals surface area contributed by atoms with Crippen LogP contribution in [0.2, 0.25) is 0 Å². The summed E-state index contributed by atoms with van der Waals surface area (Å²) in [7, 11) is -3.81. The molecule has 0 saturated heterocycles. The Hall–Kier alpha value is -3.45. The van der Waals surface area contributed by atoms with E-state index in [-0.39, 0.29) is 22.6 Å². The Kier molecular flexibility index (Phi) is 5.37. The third kappa shape index (κ3) is 4.09. The number of rotatable bonds is 5. The molecule has 31 heavy (non-hydrogen) atoms. The van der Waals surface area contributed by atoms with Gasteiger partial charge in [0.25, 0.3) is 15.9 Å². The number of sulfonamides is 1. The topological polar surface area (TPSA) is 83.5 Å². The van der Waals surface area contributed by atoms with Crippen molar-refractivity contribution in [1.29, 1.82) is 0 Å². The fraction of sp³-hybridized carbons (Fsp3) is 0.167. The van der Waals surface area contributed by atoms with Crippen molar-refractivity contribution in [1.82, 2.24) is 0 Å². The third-order valence-electron chi connectivity index (χ3n) is 5.38. The van der Waals surface area contributed by atoms with Crippen molar-refractivity contribution >= 4 is 33.1 Å². The second-order valence-corrected chi connectivity index (χ2v) is 9.30. The molecule has 0 spiro atoms. The Balaban J connectivity index is 1.52. The maximum atomic E-state index is 13.1. The molecule has 1 heterocycles. The SMILES string of the molecule is CC(=O)c1ccc(S(=O)(=O)Nc2ccc(C(=O)N3c4ccccc4C[C@H]3C)cc2)cc1. The highest BCUT2D eigenvalue weighted by molar-refractivity contribution is 7.92. The number of fused-ring (bicyclic) bond motifs is 1. The number of amides is 1. The zero-order valence-corrected chi connectivity index (χ0v) is 18.0. The van der Waals surface area contributed by atoms with Crippen LogP contribution in [0.1, 0.15) is 40.1 Å². The van der Waals surface area contributed by atoms with Gasteiger partial charge in [0.05, 0.1) is 4.90 Å². The van der Waals surface area contributed by atoms with Crippen molar-refractivity contribution in [2.24, 2.45) is 0 Å². The zero-order valence-electron chi connectivity index (χ0n) is 17.2. The van der Waals surface area contributed by atoms with Crippen LogP contribution in [0, 0.1) is 0 Å². The van der Waals surface area contributed by atoms with E-state index >= 15 is 0 Å². The lowest BCUT2D eigenvalue weighted by molar-refractivity contribution is 0.0979. The van der Waals surface area contributed by atoms with Crippen LogP contribution in [0.5, 0.6) is 0 Å². The highest BCUT2D eigenvalue weighted by Gasteiger charge is 2.31. The molecule has 0 saturated carbocycles. The molecule has 0 aromatic heterocycles. The van der Waals surface area contributed by atoms with Crippen LogP contribution < -0.4 is 9.62 Å². The van der Waals surface area contributed by atoms with E-state index in [1.165, 1.54) is 31.2 Å². The minimum absolute atomic E-state index is 0.0557. The number of carbonyl (C=O) groups is 2. The molecule has 1 amide bonds. The Morgan fingerprint density at radius 1 is 0.903 bits per heavy atom. The molecule has 0 fully saturated rings. The van der Waals surface area contributed by atoms with Gasteiger partial charge in [-0.3, -0.25) is 14.3 Å². The van der Waals surface area contributed by atoms with Crippen molar-refractivity contribution < 1.29 is 18.0 Å². The van der Waals surface area contributed by atoms with E-state index in [1.807, 2.05) is 31.2 Å². The van der Waals surface area contributed by atoms with E-state index in [0.717, 1.165) is 17.7 Å². The van der Waals surface area contributed by atoms with Gasteiger partial charge in [-0.2, -0.15) is 0 Å². The molecule has 0 bridgehead atoms. The Morgan fingerprint density at radius 2 is 1.52 bits per heavy atom. The third-order valence-corrected chi connectivity index (χ3v) is 6.78. The minimum atomic E-state index is -3.81. The fourth-order valence-corrected chi connectivity index (χ4v) is 4.84. The summed E-state index contributed by atoms with van der Waals surface area (Å²) in [4.78, 5) is 26.3. The van der Waals surface area contributed by atoms with Gasteiger partial charge in [-0.15, -0.1) is 0 Å². The summed E-state index contributed by atoms with van der Waals surface area (Å²) < 4.78 is 27.7. The van der Waals surface area contributed by atoms with Crippen LogP contribution in [-0.2, 0) is 16.4 Å². The van der Waals surface area contributed by atoms with Gasteiger partial charge < -0.3 is 4.90 Å². The molecule has 158 valence electrons. The fourth-order valence-electron chi connectivity index (χ4n) is 3.78. The monoisotopic (exact) mass is 434 g/mol. The van der Waals surface area contributed by atoms with Crippen LogP contribution in [0.3, 0.4) is 0 Å². The van der Waals surface area contributed by atoms with Gasteiger partial charge in [0.2, 0.25) is 0 Å². The van der Waals surface area contributed by atoms with Gasteiger partial charge in [-0.05, 0) is 68.3 Å². The van der Waals surface area contributed by atoms with Crippen LogP contribution >= 0.6 is 0 Å². The van der Waals surface area contributed by atoms with Gasteiger partial charge >= 0.3 is 0 Å². The summed E-state index contributed by atoms with van der Waals surface area (Å²) >= 11 is 0. The van der Waals surface area contributed by atoms with Crippen LogP contribution in [0.15, 0.2) is 77.7 Å². The van der Waals surface area contributed by atoms with Gasteiger partial charge in [0, 0.05) is 28.5 Å². The number of anilines is 2. The molecule has 3 aromatic carbocycles. The van der Waals surface area contributed by atoms with E-state index in [1.54, 1.807) is 29.2 Å². The van der Waals surface area contributed by atoms with E-state index in [9.17, 15) is 18.0 Å². The molecular formula is C24H22N2O4S. The number of para-hydroxylation sites is 1. The first-order valence-corrected chi connectivity index (χ1v) is 11.4. The van der Waals surface area contributed by atoms with E-state index in [2.05, 4.69) is 4.72 Å². The molecule has 1 atom stereocenters. The van der Waals surface area contributed by atoms with Crippen LogP contribution in [-0.4, -0.2) is 26.2 Å². The summed E-state index contributed by atoms with van der Waals surface area (Å²) in [5.41, 5.74) is 3.33.